The van der Waals surface area contributed by atoms with E-state index in [0.29, 0.717) is 11.0 Å². The summed E-state index contributed by atoms with van der Waals surface area (Å²) in [7, 11) is 0. The SMILES string of the molecule is Cc1ccc(CNCC2(C)CCOCC2)cc1F. The Bertz CT molecular complexity index is 399. The Hall–Kier alpha value is -0.930. The number of ether oxygens (including phenoxy) is 1. The van der Waals surface area contributed by atoms with Crippen molar-refractivity contribution in [3.05, 3.63) is 35.1 Å². The highest BCUT2D eigenvalue weighted by molar-refractivity contribution is 5.23. The van der Waals surface area contributed by atoms with Crippen molar-refractivity contribution in [1.29, 1.82) is 0 Å². The predicted octanol–water partition coefficient (Wildman–Crippen LogP) is 3.04. The van der Waals surface area contributed by atoms with Gasteiger partial charge in [-0.05, 0) is 42.4 Å². The van der Waals surface area contributed by atoms with E-state index in [2.05, 4.69) is 12.2 Å². The molecule has 0 spiro atoms. The molecule has 18 heavy (non-hydrogen) atoms. The van der Waals surface area contributed by atoms with Crippen LogP contribution >= 0.6 is 0 Å². The second-order valence-electron chi connectivity index (χ2n) is 5.61. The molecule has 3 heteroatoms. The van der Waals surface area contributed by atoms with Gasteiger partial charge in [-0.1, -0.05) is 19.1 Å². The first-order valence-electron chi connectivity index (χ1n) is 6.63. The normalized spacial score (nSPS) is 18.8. The average molecular weight is 251 g/mol. The molecule has 0 amide bonds. The predicted molar refractivity (Wildman–Crippen MR) is 71.0 cm³/mol. The van der Waals surface area contributed by atoms with Gasteiger partial charge in [-0.2, -0.15) is 0 Å². The van der Waals surface area contributed by atoms with Gasteiger partial charge in [0.15, 0.2) is 0 Å². The maximum absolute atomic E-state index is 13.4. The molecule has 0 bridgehead atoms. The van der Waals surface area contributed by atoms with Gasteiger partial charge in [0.2, 0.25) is 0 Å². The summed E-state index contributed by atoms with van der Waals surface area (Å²) >= 11 is 0. The fraction of sp³-hybridized carbons (Fsp3) is 0.600. The molecule has 0 unspecified atom stereocenters. The van der Waals surface area contributed by atoms with E-state index < -0.39 is 0 Å². The van der Waals surface area contributed by atoms with E-state index in [9.17, 15) is 4.39 Å². The second-order valence-corrected chi connectivity index (χ2v) is 5.61. The molecule has 0 radical (unpaired) electrons. The minimum Gasteiger partial charge on any atom is -0.381 e. The zero-order valence-corrected chi connectivity index (χ0v) is 11.3. The Labute approximate surface area is 109 Å². The zero-order valence-electron chi connectivity index (χ0n) is 11.3. The maximum Gasteiger partial charge on any atom is 0.126 e. The van der Waals surface area contributed by atoms with Crippen molar-refractivity contribution in [2.75, 3.05) is 19.8 Å². The minimum absolute atomic E-state index is 0.119. The minimum atomic E-state index is -0.119. The van der Waals surface area contributed by atoms with E-state index >= 15 is 0 Å². The third kappa shape index (κ3) is 3.53. The number of nitrogens with one attached hydrogen (secondary N) is 1. The molecule has 0 aromatic heterocycles. The van der Waals surface area contributed by atoms with E-state index in [1.165, 1.54) is 0 Å². The van der Waals surface area contributed by atoms with Gasteiger partial charge in [-0.25, -0.2) is 4.39 Å². The topological polar surface area (TPSA) is 21.3 Å². The Kier molecular flexibility index (Phi) is 4.36. The number of aryl methyl sites for hydroxylation is 1. The average Bonchev–Trinajstić information content (AvgIpc) is 2.34. The van der Waals surface area contributed by atoms with Crippen molar-refractivity contribution in [3.63, 3.8) is 0 Å². The number of benzene rings is 1. The highest BCUT2D eigenvalue weighted by atomic mass is 19.1. The highest BCUT2D eigenvalue weighted by Crippen LogP contribution is 2.28. The maximum atomic E-state index is 13.4. The van der Waals surface area contributed by atoms with Gasteiger partial charge in [-0.3, -0.25) is 0 Å². The number of rotatable bonds is 4. The first-order chi connectivity index (χ1) is 8.59. The van der Waals surface area contributed by atoms with Crippen LogP contribution in [-0.4, -0.2) is 19.8 Å². The van der Waals surface area contributed by atoms with Crippen molar-refractivity contribution >= 4 is 0 Å². The van der Waals surface area contributed by atoms with Gasteiger partial charge in [0.25, 0.3) is 0 Å². The van der Waals surface area contributed by atoms with E-state index in [1.807, 2.05) is 12.1 Å². The Morgan fingerprint density at radius 2 is 2.06 bits per heavy atom. The van der Waals surface area contributed by atoms with Crippen LogP contribution in [0.15, 0.2) is 18.2 Å². The van der Waals surface area contributed by atoms with Crippen molar-refractivity contribution in [1.82, 2.24) is 5.32 Å². The molecule has 1 N–H and O–H groups in total. The summed E-state index contributed by atoms with van der Waals surface area (Å²) in [5.41, 5.74) is 2.03. The molecule has 1 aromatic rings. The fourth-order valence-electron chi connectivity index (χ4n) is 2.30. The van der Waals surface area contributed by atoms with Crippen LogP contribution in [0.4, 0.5) is 4.39 Å². The standard InChI is InChI=1S/C15H22FNO/c1-12-3-4-13(9-14(12)16)10-17-11-15(2)5-7-18-8-6-15/h3-4,9,17H,5-8,10-11H2,1-2H3. The summed E-state index contributed by atoms with van der Waals surface area (Å²) in [5, 5.41) is 3.44. The number of halogens is 1. The summed E-state index contributed by atoms with van der Waals surface area (Å²) in [6.07, 6.45) is 2.20. The lowest BCUT2D eigenvalue weighted by molar-refractivity contribution is 0.0240. The lowest BCUT2D eigenvalue weighted by Crippen LogP contribution is -2.36. The summed E-state index contributed by atoms with van der Waals surface area (Å²) in [6.45, 7) is 7.49. The van der Waals surface area contributed by atoms with Gasteiger partial charge in [0, 0.05) is 26.3 Å². The molecule has 2 nitrogen and oxygen atoms in total. The molecule has 1 fully saturated rings. The lowest BCUT2D eigenvalue weighted by atomic mass is 9.82. The van der Waals surface area contributed by atoms with Crippen LogP contribution in [0.5, 0.6) is 0 Å². The molecule has 0 aliphatic carbocycles. The highest BCUT2D eigenvalue weighted by Gasteiger charge is 2.26. The van der Waals surface area contributed by atoms with Crippen molar-refractivity contribution < 1.29 is 9.13 Å². The van der Waals surface area contributed by atoms with E-state index in [0.717, 1.165) is 44.7 Å². The molecule has 1 heterocycles. The monoisotopic (exact) mass is 251 g/mol. The lowest BCUT2D eigenvalue weighted by Gasteiger charge is -2.33. The molecule has 100 valence electrons. The molecule has 0 atom stereocenters. The molecule has 1 aliphatic rings. The summed E-state index contributed by atoms with van der Waals surface area (Å²) in [6, 6.07) is 5.44. The van der Waals surface area contributed by atoms with E-state index in [-0.39, 0.29) is 5.82 Å². The molecule has 2 rings (SSSR count). The van der Waals surface area contributed by atoms with Gasteiger partial charge in [-0.15, -0.1) is 0 Å². The number of hydrogen-bond donors (Lipinski definition) is 1. The fourth-order valence-corrected chi connectivity index (χ4v) is 2.30. The molecular weight excluding hydrogens is 229 g/mol. The molecule has 1 aromatic carbocycles. The largest absolute Gasteiger partial charge is 0.381 e. The quantitative estimate of drug-likeness (QED) is 0.888. The molecule has 1 aliphatic heterocycles. The van der Waals surface area contributed by atoms with Crippen molar-refractivity contribution in [3.8, 4) is 0 Å². The summed E-state index contributed by atoms with van der Waals surface area (Å²) in [5.74, 6) is -0.119. The molecular formula is C15H22FNO. The van der Waals surface area contributed by atoms with E-state index in [1.54, 1.807) is 13.0 Å². The second kappa shape index (κ2) is 5.81. The first-order valence-corrected chi connectivity index (χ1v) is 6.63. The van der Waals surface area contributed by atoms with Gasteiger partial charge < -0.3 is 10.1 Å². The molecule has 0 saturated carbocycles. The smallest absolute Gasteiger partial charge is 0.126 e. The van der Waals surface area contributed by atoms with Crippen LogP contribution in [0.1, 0.15) is 30.9 Å². The van der Waals surface area contributed by atoms with Crippen LogP contribution in [0, 0.1) is 18.2 Å². The van der Waals surface area contributed by atoms with Crippen LogP contribution in [0.2, 0.25) is 0 Å². The Morgan fingerprint density at radius 1 is 1.33 bits per heavy atom. The zero-order chi connectivity index (χ0) is 13.0. The Morgan fingerprint density at radius 3 is 2.72 bits per heavy atom. The number of hydrogen-bond acceptors (Lipinski definition) is 2. The first kappa shape index (κ1) is 13.5. The summed E-state index contributed by atoms with van der Waals surface area (Å²) in [4.78, 5) is 0. The van der Waals surface area contributed by atoms with Gasteiger partial charge in [0.1, 0.15) is 5.82 Å². The summed E-state index contributed by atoms with van der Waals surface area (Å²) < 4.78 is 18.8. The van der Waals surface area contributed by atoms with Crippen LogP contribution < -0.4 is 5.32 Å². The molecule has 1 saturated heterocycles. The van der Waals surface area contributed by atoms with Crippen molar-refractivity contribution in [2.24, 2.45) is 5.41 Å². The third-order valence-electron chi connectivity index (χ3n) is 3.82. The van der Waals surface area contributed by atoms with Gasteiger partial charge in [0.05, 0.1) is 0 Å². The van der Waals surface area contributed by atoms with Crippen molar-refractivity contribution in [2.45, 2.75) is 33.2 Å². The van der Waals surface area contributed by atoms with Crippen LogP contribution in [-0.2, 0) is 11.3 Å². The van der Waals surface area contributed by atoms with E-state index in [4.69, 9.17) is 4.74 Å². The Balaban J connectivity index is 1.82. The third-order valence-corrected chi connectivity index (χ3v) is 3.82. The van der Waals surface area contributed by atoms with Crippen LogP contribution in [0.25, 0.3) is 0 Å². The van der Waals surface area contributed by atoms with Crippen LogP contribution in [0.3, 0.4) is 0 Å². The van der Waals surface area contributed by atoms with Gasteiger partial charge >= 0.3 is 0 Å².